The fraction of sp³-hybridized carbons (Fsp3) is 0.278. The van der Waals surface area contributed by atoms with E-state index >= 15 is 0 Å². The summed E-state index contributed by atoms with van der Waals surface area (Å²) in [4.78, 5) is 13.5. The van der Waals surface area contributed by atoms with Crippen LogP contribution in [0.15, 0.2) is 35.1 Å². The lowest BCUT2D eigenvalue weighted by Crippen LogP contribution is -2.02. The van der Waals surface area contributed by atoms with Gasteiger partial charge in [0.05, 0.1) is 12.9 Å². The first-order valence-corrected chi connectivity index (χ1v) is 10.7. The smallest absolute Gasteiger partial charge is 0.191 e. The molecule has 0 fully saturated rings. The van der Waals surface area contributed by atoms with Crippen LogP contribution in [0.1, 0.15) is 25.3 Å². The van der Waals surface area contributed by atoms with E-state index in [0.29, 0.717) is 23.0 Å². The molecule has 0 atom stereocenters. The molecule has 0 amide bonds. The van der Waals surface area contributed by atoms with Crippen molar-refractivity contribution in [3.8, 4) is 0 Å². The number of anilines is 1. The van der Waals surface area contributed by atoms with E-state index in [-0.39, 0.29) is 0 Å². The molecule has 0 aliphatic carbocycles. The van der Waals surface area contributed by atoms with Gasteiger partial charge in [-0.05, 0) is 40.9 Å². The van der Waals surface area contributed by atoms with Crippen LogP contribution in [-0.2, 0) is 6.54 Å². The Morgan fingerprint density at radius 3 is 3.04 bits per heavy atom. The molecule has 0 bridgehead atoms. The molecule has 0 radical (unpaired) electrons. The normalized spacial score (nSPS) is 11.6. The molecule has 1 aromatic carbocycles. The Labute approximate surface area is 164 Å². The quantitative estimate of drug-likeness (QED) is 0.271. The highest BCUT2D eigenvalue weighted by atomic mass is 35.5. The zero-order valence-electron chi connectivity index (χ0n) is 14.3. The van der Waals surface area contributed by atoms with Gasteiger partial charge < -0.3 is 10.3 Å². The summed E-state index contributed by atoms with van der Waals surface area (Å²) in [5, 5.41) is 4.79. The fourth-order valence-electron chi connectivity index (χ4n) is 2.79. The van der Waals surface area contributed by atoms with Crippen LogP contribution in [0.2, 0.25) is 5.02 Å². The number of thiophene rings is 1. The van der Waals surface area contributed by atoms with Crippen molar-refractivity contribution in [1.82, 2.24) is 19.5 Å². The highest BCUT2D eigenvalue weighted by Gasteiger charge is 2.13. The number of rotatable bonds is 6. The summed E-state index contributed by atoms with van der Waals surface area (Å²) < 4.78 is 3.25. The number of nitrogens with two attached hydrogens (primary N) is 1. The minimum atomic E-state index is 0.436. The zero-order chi connectivity index (χ0) is 18.1. The topological polar surface area (TPSA) is 69.6 Å². The second-order valence-electron chi connectivity index (χ2n) is 6.04. The third-order valence-corrected chi connectivity index (χ3v) is 6.34. The maximum atomic E-state index is 6.17. The Morgan fingerprint density at radius 2 is 2.19 bits per heavy atom. The van der Waals surface area contributed by atoms with Gasteiger partial charge in [-0.1, -0.05) is 36.7 Å². The van der Waals surface area contributed by atoms with Crippen molar-refractivity contribution in [3.63, 3.8) is 0 Å². The lowest BCUT2D eigenvalue weighted by atomic mass is 10.2. The SMILES string of the molecule is CCCCSc1nc(N)c2ncn(Cc3csc4ccc(Cl)cc34)c2n1. The lowest BCUT2D eigenvalue weighted by molar-refractivity contribution is 0.811. The summed E-state index contributed by atoms with van der Waals surface area (Å²) in [7, 11) is 0. The number of nitrogen functional groups attached to an aromatic ring is 1. The fourth-order valence-corrected chi connectivity index (χ4v) is 4.83. The molecule has 4 rings (SSSR count). The molecule has 8 heteroatoms. The molecule has 0 spiro atoms. The number of thioether (sulfide) groups is 1. The Bertz CT molecular complexity index is 1070. The number of nitrogens with zero attached hydrogens (tertiary/aromatic N) is 4. The van der Waals surface area contributed by atoms with Crippen molar-refractivity contribution in [2.24, 2.45) is 0 Å². The Balaban J connectivity index is 1.70. The Hall–Kier alpha value is -1.83. The molecule has 5 nitrogen and oxygen atoms in total. The standard InChI is InChI=1S/C18H18ClN5S2/c1-2-3-6-25-18-22-16(20)15-17(23-18)24(10-21-15)8-11-9-26-14-5-4-12(19)7-13(11)14/h4-5,7,9-10H,2-3,6,8H2,1H3,(H2,20,22,23). The van der Waals surface area contributed by atoms with E-state index in [9.17, 15) is 0 Å². The van der Waals surface area contributed by atoms with Crippen LogP contribution in [0, 0.1) is 0 Å². The van der Waals surface area contributed by atoms with Gasteiger partial charge in [-0.3, -0.25) is 0 Å². The molecule has 0 aliphatic heterocycles. The molecule has 134 valence electrons. The summed E-state index contributed by atoms with van der Waals surface area (Å²) in [5.74, 6) is 1.43. The second-order valence-corrected chi connectivity index (χ2v) is 8.45. The zero-order valence-corrected chi connectivity index (χ0v) is 16.7. The maximum absolute atomic E-state index is 6.17. The first-order chi connectivity index (χ1) is 12.7. The van der Waals surface area contributed by atoms with Crippen LogP contribution in [0.25, 0.3) is 21.3 Å². The summed E-state index contributed by atoms with van der Waals surface area (Å²) in [6.07, 6.45) is 4.06. The van der Waals surface area contributed by atoms with Crippen LogP contribution >= 0.6 is 34.7 Å². The third-order valence-electron chi connectivity index (χ3n) is 4.16. The highest BCUT2D eigenvalue weighted by molar-refractivity contribution is 7.99. The minimum absolute atomic E-state index is 0.436. The van der Waals surface area contributed by atoms with Gasteiger partial charge in [-0.2, -0.15) is 0 Å². The van der Waals surface area contributed by atoms with Gasteiger partial charge in [0.25, 0.3) is 0 Å². The second kappa shape index (κ2) is 7.42. The van der Waals surface area contributed by atoms with Crippen molar-refractivity contribution in [3.05, 3.63) is 40.5 Å². The predicted molar refractivity (Wildman–Crippen MR) is 111 cm³/mol. The Morgan fingerprint density at radius 1 is 1.31 bits per heavy atom. The summed E-state index contributed by atoms with van der Waals surface area (Å²) in [5.41, 5.74) is 8.73. The van der Waals surface area contributed by atoms with Gasteiger partial charge in [0, 0.05) is 15.5 Å². The molecule has 0 aliphatic rings. The van der Waals surface area contributed by atoms with Crippen LogP contribution < -0.4 is 5.73 Å². The number of aromatic nitrogens is 4. The van der Waals surface area contributed by atoms with Gasteiger partial charge in [-0.25, -0.2) is 15.0 Å². The monoisotopic (exact) mass is 403 g/mol. The molecule has 3 aromatic heterocycles. The van der Waals surface area contributed by atoms with Crippen molar-refractivity contribution in [2.45, 2.75) is 31.5 Å². The van der Waals surface area contributed by atoms with Crippen LogP contribution in [-0.4, -0.2) is 25.3 Å². The number of unbranched alkanes of at least 4 members (excludes halogenated alkanes) is 1. The predicted octanol–water partition coefficient (Wildman–Crippen LogP) is 5.22. The van der Waals surface area contributed by atoms with Gasteiger partial charge in [0.15, 0.2) is 16.6 Å². The van der Waals surface area contributed by atoms with Gasteiger partial charge in [-0.15, -0.1) is 11.3 Å². The van der Waals surface area contributed by atoms with Gasteiger partial charge in [0.2, 0.25) is 0 Å². The molecule has 26 heavy (non-hydrogen) atoms. The van der Waals surface area contributed by atoms with E-state index in [1.165, 1.54) is 15.6 Å². The van der Waals surface area contributed by atoms with Crippen molar-refractivity contribution in [1.29, 1.82) is 0 Å². The number of hydrogen-bond donors (Lipinski definition) is 1. The van der Waals surface area contributed by atoms with E-state index in [4.69, 9.17) is 22.3 Å². The first-order valence-electron chi connectivity index (χ1n) is 8.42. The van der Waals surface area contributed by atoms with Gasteiger partial charge >= 0.3 is 0 Å². The lowest BCUT2D eigenvalue weighted by Gasteiger charge is -2.06. The maximum Gasteiger partial charge on any atom is 0.191 e. The highest BCUT2D eigenvalue weighted by Crippen LogP contribution is 2.30. The van der Waals surface area contributed by atoms with E-state index in [1.807, 2.05) is 16.7 Å². The van der Waals surface area contributed by atoms with E-state index in [2.05, 4.69) is 28.3 Å². The van der Waals surface area contributed by atoms with Crippen molar-refractivity contribution < 1.29 is 0 Å². The molecule has 3 heterocycles. The summed E-state index contributed by atoms with van der Waals surface area (Å²) in [6.45, 7) is 2.85. The first kappa shape index (κ1) is 17.6. The van der Waals surface area contributed by atoms with E-state index < -0.39 is 0 Å². The van der Waals surface area contributed by atoms with Crippen LogP contribution in [0.4, 0.5) is 5.82 Å². The van der Waals surface area contributed by atoms with Crippen molar-refractivity contribution in [2.75, 3.05) is 11.5 Å². The average molecular weight is 404 g/mol. The van der Waals surface area contributed by atoms with E-state index in [1.54, 1.807) is 29.4 Å². The summed E-state index contributed by atoms with van der Waals surface area (Å²) >= 11 is 9.53. The molecule has 0 unspecified atom stereocenters. The molecule has 0 saturated carbocycles. The number of halogens is 1. The molecular weight excluding hydrogens is 386 g/mol. The average Bonchev–Trinajstić information content (AvgIpc) is 3.21. The molecular formula is C18H18ClN5S2. The van der Waals surface area contributed by atoms with Gasteiger partial charge in [0.1, 0.15) is 5.52 Å². The largest absolute Gasteiger partial charge is 0.382 e. The number of hydrogen-bond acceptors (Lipinski definition) is 6. The molecule has 2 N–H and O–H groups in total. The van der Waals surface area contributed by atoms with Crippen LogP contribution in [0.3, 0.4) is 0 Å². The third kappa shape index (κ3) is 3.39. The van der Waals surface area contributed by atoms with Crippen LogP contribution in [0.5, 0.6) is 0 Å². The Kier molecular flexibility index (Phi) is 5.02. The number of imidazole rings is 1. The molecule has 4 aromatic rings. The van der Waals surface area contributed by atoms with E-state index in [0.717, 1.165) is 29.3 Å². The number of fused-ring (bicyclic) bond motifs is 2. The summed E-state index contributed by atoms with van der Waals surface area (Å²) in [6, 6.07) is 5.99. The number of benzene rings is 1. The molecule has 0 saturated heterocycles. The minimum Gasteiger partial charge on any atom is -0.382 e. The van der Waals surface area contributed by atoms with Crippen molar-refractivity contribution >= 4 is 61.8 Å².